The highest BCUT2D eigenvalue weighted by atomic mass is 16.7. The van der Waals surface area contributed by atoms with Crippen molar-refractivity contribution in [3.63, 3.8) is 0 Å². The summed E-state index contributed by atoms with van der Waals surface area (Å²) in [5.74, 6) is 2.07. The van der Waals surface area contributed by atoms with Crippen LogP contribution in [0.5, 0.6) is 17.2 Å². The molecular formula is C15H24N2O4. The largest absolute Gasteiger partial charge is 0.493 e. The molecule has 6 heteroatoms. The van der Waals surface area contributed by atoms with Crippen molar-refractivity contribution in [1.82, 2.24) is 4.90 Å². The van der Waals surface area contributed by atoms with Gasteiger partial charge in [0.05, 0.1) is 7.11 Å². The van der Waals surface area contributed by atoms with E-state index >= 15 is 0 Å². The smallest absolute Gasteiger partial charge is 0.231 e. The summed E-state index contributed by atoms with van der Waals surface area (Å²) in [6.07, 6.45) is 0.963. The first-order valence-electron chi connectivity index (χ1n) is 7.08. The van der Waals surface area contributed by atoms with Crippen molar-refractivity contribution < 1.29 is 18.9 Å². The van der Waals surface area contributed by atoms with Gasteiger partial charge in [-0.25, -0.2) is 0 Å². The van der Waals surface area contributed by atoms with Crippen LogP contribution in [0.25, 0.3) is 0 Å². The lowest BCUT2D eigenvalue weighted by molar-refractivity contribution is 0.166. The van der Waals surface area contributed by atoms with Crippen LogP contribution in [0.3, 0.4) is 0 Å². The number of ether oxygens (including phenoxy) is 4. The molecule has 2 rings (SSSR count). The van der Waals surface area contributed by atoms with Gasteiger partial charge in [0.1, 0.15) is 0 Å². The molecule has 0 aliphatic carbocycles. The van der Waals surface area contributed by atoms with E-state index in [4.69, 9.17) is 24.7 Å². The molecule has 0 saturated carbocycles. The molecule has 1 aromatic carbocycles. The molecule has 118 valence electrons. The van der Waals surface area contributed by atoms with Crippen molar-refractivity contribution in [2.24, 2.45) is 5.73 Å². The van der Waals surface area contributed by atoms with Gasteiger partial charge in [0, 0.05) is 32.8 Å². The summed E-state index contributed by atoms with van der Waals surface area (Å²) < 4.78 is 21.4. The van der Waals surface area contributed by atoms with Gasteiger partial charge in [-0.15, -0.1) is 0 Å². The van der Waals surface area contributed by atoms with E-state index in [-0.39, 0.29) is 12.8 Å². The highest BCUT2D eigenvalue weighted by Gasteiger charge is 2.24. The average molecular weight is 296 g/mol. The number of nitrogens with zero attached hydrogens (tertiary/aromatic N) is 1. The van der Waals surface area contributed by atoms with Crippen molar-refractivity contribution in [3.05, 3.63) is 17.7 Å². The standard InChI is InChI=1S/C15H24N2O4/c1-17(5-4-6-18-2)12(9-16)11-7-13(19-3)15-14(8-11)20-10-21-15/h7-8,12H,4-6,9-10,16H2,1-3H3. The fraction of sp³-hybridized carbons (Fsp3) is 0.600. The van der Waals surface area contributed by atoms with E-state index in [2.05, 4.69) is 11.9 Å². The molecule has 1 atom stereocenters. The van der Waals surface area contributed by atoms with E-state index in [9.17, 15) is 0 Å². The Balaban J connectivity index is 2.18. The van der Waals surface area contributed by atoms with Gasteiger partial charge >= 0.3 is 0 Å². The Morgan fingerprint density at radius 1 is 1.33 bits per heavy atom. The van der Waals surface area contributed by atoms with Crippen LogP contribution in [0.4, 0.5) is 0 Å². The lowest BCUT2D eigenvalue weighted by atomic mass is 10.0. The lowest BCUT2D eigenvalue weighted by Crippen LogP contribution is -2.31. The number of hydrogen-bond donors (Lipinski definition) is 1. The summed E-state index contributed by atoms with van der Waals surface area (Å²) in [5.41, 5.74) is 7.03. The van der Waals surface area contributed by atoms with Gasteiger partial charge < -0.3 is 24.7 Å². The molecule has 1 aliphatic heterocycles. The van der Waals surface area contributed by atoms with Gasteiger partial charge in [-0.3, -0.25) is 4.90 Å². The fourth-order valence-corrected chi connectivity index (χ4v) is 2.53. The molecule has 1 aliphatic rings. The summed E-state index contributed by atoms with van der Waals surface area (Å²) in [5, 5.41) is 0. The number of hydrogen-bond acceptors (Lipinski definition) is 6. The van der Waals surface area contributed by atoms with Gasteiger partial charge in [0.2, 0.25) is 12.5 Å². The maximum Gasteiger partial charge on any atom is 0.231 e. The summed E-state index contributed by atoms with van der Waals surface area (Å²) in [6, 6.07) is 4.05. The molecule has 1 heterocycles. The van der Waals surface area contributed by atoms with E-state index in [0.717, 1.165) is 25.1 Å². The number of fused-ring (bicyclic) bond motifs is 1. The molecule has 0 radical (unpaired) electrons. The molecule has 0 bridgehead atoms. The van der Waals surface area contributed by atoms with Gasteiger partial charge in [0.25, 0.3) is 0 Å². The van der Waals surface area contributed by atoms with Gasteiger partial charge in [0.15, 0.2) is 11.5 Å². The zero-order valence-electron chi connectivity index (χ0n) is 12.9. The monoisotopic (exact) mass is 296 g/mol. The Morgan fingerprint density at radius 3 is 2.81 bits per heavy atom. The molecule has 2 N–H and O–H groups in total. The Labute approximate surface area is 125 Å². The van der Waals surface area contributed by atoms with E-state index in [1.165, 1.54) is 0 Å². The first-order valence-corrected chi connectivity index (χ1v) is 7.08. The third-order valence-corrected chi connectivity index (χ3v) is 3.68. The van der Waals surface area contributed by atoms with Crippen LogP contribution >= 0.6 is 0 Å². The van der Waals surface area contributed by atoms with Crippen molar-refractivity contribution in [1.29, 1.82) is 0 Å². The van der Waals surface area contributed by atoms with Gasteiger partial charge in [-0.2, -0.15) is 0 Å². The van der Waals surface area contributed by atoms with E-state index < -0.39 is 0 Å². The van der Waals surface area contributed by atoms with Crippen LogP contribution in [0, 0.1) is 0 Å². The molecule has 21 heavy (non-hydrogen) atoms. The van der Waals surface area contributed by atoms with Crippen LogP contribution in [-0.4, -0.2) is 52.7 Å². The first-order chi connectivity index (χ1) is 10.2. The van der Waals surface area contributed by atoms with Crippen molar-refractivity contribution in [2.45, 2.75) is 12.5 Å². The number of likely N-dealkylation sites (N-methyl/N-ethyl adjacent to an activating group) is 1. The normalized spacial score (nSPS) is 14.5. The fourth-order valence-electron chi connectivity index (χ4n) is 2.53. The number of benzene rings is 1. The Morgan fingerprint density at radius 2 is 2.14 bits per heavy atom. The number of methoxy groups -OCH3 is 2. The SMILES string of the molecule is COCCCN(C)C(CN)c1cc(OC)c2c(c1)OCO2. The van der Waals surface area contributed by atoms with E-state index in [1.54, 1.807) is 14.2 Å². The molecule has 0 spiro atoms. The predicted octanol–water partition coefficient (Wildman–Crippen LogP) is 1.39. The maximum absolute atomic E-state index is 5.96. The average Bonchev–Trinajstić information content (AvgIpc) is 2.96. The molecule has 0 saturated heterocycles. The van der Waals surface area contributed by atoms with Gasteiger partial charge in [-0.05, 0) is 31.2 Å². The van der Waals surface area contributed by atoms with Gasteiger partial charge in [-0.1, -0.05) is 0 Å². The highest BCUT2D eigenvalue weighted by Crippen LogP contribution is 2.43. The maximum atomic E-state index is 5.96. The zero-order valence-corrected chi connectivity index (χ0v) is 12.9. The molecule has 6 nitrogen and oxygen atoms in total. The van der Waals surface area contributed by atoms with Crippen LogP contribution in [0.1, 0.15) is 18.0 Å². The summed E-state index contributed by atoms with van der Waals surface area (Å²) in [6.45, 7) is 2.40. The Kier molecular flexibility index (Phi) is 5.67. The lowest BCUT2D eigenvalue weighted by Gasteiger charge is -2.27. The Bertz CT molecular complexity index is 467. The third kappa shape index (κ3) is 3.58. The summed E-state index contributed by atoms with van der Waals surface area (Å²) in [7, 11) is 5.40. The first kappa shape index (κ1) is 15.9. The topological polar surface area (TPSA) is 66.2 Å². The minimum atomic E-state index is 0.102. The molecule has 0 amide bonds. The number of rotatable bonds is 8. The highest BCUT2D eigenvalue weighted by molar-refractivity contribution is 5.55. The van der Waals surface area contributed by atoms with Crippen molar-refractivity contribution >= 4 is 0 Å². The molecular weight excluding hydrogens is 272 g/mol. The second-order valence-corrected chi connectivity index (χ2v) is 5.04. The van der Waals surface area contributed by atoms with Crippen LogP contribution in [-0.2, 0) is 4.74 Å². The summed E-state index contributed by atoms with van der Waals surface area (Å²) in [4.78, 5) is 2.22. The molecule has 0 fully saturated rings. The molecule has 1 aromatic rings. The molecule has 1 unspecified atom stereocenters. The van der Waals surface area contributed by atoms with Crippen molar-refractivity contribution in [3.8, 4) is 17.2 Å². The second kappa shape index (κ2) is 7.49. The zero-order chi connectivity index (χ0) is 15.2. The predicted molar refractivity (Wildman–Crippen MR) is 80.0 cm³/mol. The van der Waals surface area contributed by atoms with Crippen molar-refractivity contribution in [2.75, 3.05) is 47.8 Å². The number of nitrogens with two attached hydrogens (primary N) is 1. The minimum absolute atomic E-state index is 0.102. The Hall–Kier alpha value is -1.50. The van der Waals surface area contributed by atoms with E-state index in [0.29, 0.717) is 23.8 Å². The van der Waals surface area contributed by atoms with Crippen LogP contribution < -0.4 is 19.9 Å². The van der Waals surface area contributed by atoms with Crippen LogP contribution in [0.15, 0.2) is 12.1 Å². The minimum Gasteiger partial charge on any atom is -0.493 e. The summed E-state index contributed by atoms with van der Waals surface area (Å²) >= 11 is 0. The van der Waals surface area contributed by atoms with Crippen LogP contribution in [0.2, 0.25) is 0 Å². The second-order valence-electron chi connectivity index (χ2n) is 5.04. The molecule has 0 aromatic heterocycles. The quantitative estimate of drug-likeness (QED) is 0.731. The van der Waals surface area contributed by atoms with E-state index in [1.807, 2.05) is 12.1 Å². The third-order valence-electron chi connectivity index (χ3n) is 3.68.